The van der Waals surface area contributed by atoms with E-state index < -0.39 is 0 Å². The van der Waals surface area contributed by atoms with Gasteiger partial charge in [-0.25, -0.2) is 13.5 Å². The fourth-order valence-electron chi connectivity index (χ4n) is 1.33. The molecular formula is C11H12FN4+. The number of nitrogens with zero attached hydrogens (tertiary/aromatic N) is 4. The lowest BCUT2D eigenvalue weighted by Gasteiger charge is -1.90. The number of aryl methyl sites for hydroxylation is 2. The summed E-state index contributed by atoms with van der Waals surface area (Å²) in [6.07, 6.45) is 3.78. The Morgan fingerprint density at radius 3 is 2.44 bits per heavy atom. The van der Waals surface area contributed by atoms with E-state index in [1.165, 1.54) is 12.1 Å². The quantitative estimate of drug-likeness (QED) is 0.549. The highest BCUT2D eigenvalue weighted by molar-refractivity contribution is 5.35. The van der Waals surface area contributed by atoms with Gasteiger partial charge in [0.15, 0.2) is 0 Å². The fourth-order valence-corrected chi connectivity index (χ4v) is 1.33. The topological polar surface area (TPSA) is 33.5 Å². The Labute approximate surface area is 92.7 Å². The maximum Gasteiger partial charge on any atom is 0.421 e. The molecule has 2 aromatic rings. The molecule has 0 amide bonds. The molecule has 0 fully saturated rings. The number of hydrogen-bond acceptors (Lipinski definition) is 2. The molecular weight excluding hydrogens is 207 g/mol. The monoisotopic (exact) mass is 219 g/mol. The number of hydrogen-bond donors (Lipinski definition) is 0. The van der Waals surface area contributed by atoms with Gasteiger partial charge in [-0.05, 0) is 24.3 Å². The van der Waals surface area contributed by atoms with E-state index in [1.54, 1.807) is 12.1 Å². The molecule has 2 rings (SSSR count). The highest BCUT2D eigenvalue weighted by Gasteiger charge is 2.09. The predicted molar refractivity (Wildman–Crippen MR) is 57.2 cm³/mol. The van der Waals surface area contributed by atoms with Gasteiger partial charge in [-0.3, -0.25) is 0 Å². The second-order valence-corrected chi connectivity index (χ2v) is 3.50. The van der Waals surface area contributed by atoms with E-state index in [9.17, 15) is 4.39 Å². The number of halogens is 1. The van der Waals surface area contributed by atoms with Crippen molar-refractivity contribution >= 4 is 11.6 Å². The van der Waals surface area contributed by atoms with Crippen LogP contribution < -0.4 is 4.57 Å². The maximum absolute atomic E-state index is 12.6. The SMILES string of the molecule is Cn1cc[n+](C)c1N=Nc1ccc(F)cc1. The molecule has 0 saturated heterocycles. The second kappa shape index (κ2) is 4.22. The molecule has 0 bridgehead atoms. The van der Waals surface area contributed by atoms with Crippen molar-refractivity contribution in [2.45, 2.75) is 0 Å². The van der Waals surface area contributed by atoms with E-state index in [1.807, 2.05) is 35.6 Å². The minimum Gasteiger partial charge on any atom is -0.233 e. The van der Waals surface area contributed by atoms with Crippen molar-refractivity contribution < 1.29 is 8.96 Å². The first-order chi connectivity index (χ1) is 7.66. The summed E-state index contributed by atoms with van der Waals surface area (Å²) in [7, 11) is 3.78. The molecule has 0 unspecified atom stereocenters. The molecule has 5 heteroatoms. The van der Waals surface area contributed by atoms with E-state index >= 15 is 0 Å². The van der Waals surface area contributed by atoms with Gasteiger partial charge in [0, 0.05) is 5.11 Å². The molecule has 1 heterocycles. The van der Waals surface area contributed by atoms with E-state index in [2.05, 4.69) is 10.2 Å². The number of aromatic nitrogens is 2. The molecule has 0 N–H and O–H groups in total. The third-order valence-corrected chi connectivity index (χ3v) is 2.23. The van der Waals surface area contributed by atoms with Gasteiger partial charge in [-0.2, -0.15) is 0 Å². The zero-order chi connectivity index (χ0) is 11.5. The van der Waals surface area contributed by atoms with Crippen LogP contribution in [-0.2, 0) is 14.1 Å². The van der Waals surface area contributed by atoms with Gasteiger partial charge in [0.05, 0.1) is 26.5 Å². The van der Waals surface area contributed by atoms with Crippen molar-refractivity contribution in [3.05, 3.63) is 42.5 Å². The van der Waals surface area contributed by atoms with Gasteiger partial charge in [-0.1, -0.05) is 5.11 Å². The number of imidazole rings is 1. The van der Waals surface area contributed by atoms with Crippen LogP contribution in [0.15, 0.2) is 46.9 Å². The van der Waals surface area contributed by atoms with E-state index in [0.29, 0.717) is 5.69 Å². The smallest absolute Gasteiger partial charge is 0.233 e. The summed E-state index contributed by atoms with van der Waals surface area (Å²) in [5.74, 6) is 0.452. The van der Waals surface area contributed by atoms with Crippen LogP contribution in [0.5, 0.6) is 0 Å². The normalized spacial score (nSPS) is 11.2. The number of rotatable bonds is 2. The van der Waals surface area contributed by atoms with E-state index in [-0.39, 0.29) is 5.82 Å². The molecule has 1 aromatic heterocycles. The summed E-state index contributed by atoms with van der Waals surface area (Å²) in [5.41, 5.74) is 0.627. The van der Waals surface area contributed by atoms with Crippen LogP contribution in [0.4, 0.5) is 16.0 Å². The van der Waals surface area contributed by atoms with Crippen molar-refractivity contribution in [3.8, 4) is 0 Å². The van der Waals surface area contributed by atoms with Gasteiger partial charge in [0.25, 0.3) is 0 Å². The van der Waals surface area contributed by atoms with Crippen LogP contribution >= 0.6 is 0 Å². The summed E-state index contributed by atoms with van der Waals surface area (Å²) in [6.45, 7) is 0. The molecule has 0 radical (unpaired) electrons. The van der Waals surface area contributed by atoms with Gasteiger partial charge in [0.2, 0.25) is 0 Å². The molecule has 0 aliphatic heterocycles. The number of benzene rings is 1. The van der Waals surface area contributed by atoms with Crippen LogP contribution in [0.2, 0.25) is 0 Å². The lowest BCUT2D eigenvalue weighted by molar-refractivity contribution is -0.657. The van der Waals surface area contributed by atoms with Gasteiger partial charge in [0.1, 0.15) is 11.5 Å². The highest BCUT2D eigenvalue weighted by atomic mass is 19.1. The fraction of sp³-hybridized carbons (Fsp3) is 0.182. The first kappa shape index (κ1) is 10.5. The second-order valence-electron chi connectivity index (χ2n) is 3.50. The zero-order valence-corrected chi connectivity index (χ0v) is 9.13. The molecule has 0 spiro atoms. The summed E-state index contributed by atoms with van der Waals surface area (Å²) in [5, 5.41) is 8.12. The molecule has 82 valence electrons. The summed E-state index contributed by atoms with van der Waals surface area (Å²) in [4.78, 5) is 0. The van der Waals surface area contributed by atoms with Gasteiger partial charge in [-0.15, -0.1) is 0 Å². The first-order valence-electron chi connectivity index (χ1n) is 4.85. The average Bonchev–Trinajstić information content (AvgIpc) is 2.59. The standard InChI is InChI=1S/C11H12FN4/c1-15-7-8-16(2)11(15)14-13-10-5-3-9(12)4-6-10/h3-8H,1-2H3/q+1. The van der Waals surface area contributed by atoms with Crippen LogP contribution in [0.1, 0.15) is 0 Å². The van der Waals surface area contributed by atoms with Crippen molar-refractivity contribution in [2.75, 3.05) is 0 Å². The van der Waals surface area contributed by atoms with Crippen LogP contribution in [0.3, 0.4) is 0 Å². The highest BCUT2D eigenvalue weighted by Crippen LogP contribution is 2.15. The Hall–Kier alpha value is -2.04. The van der Waals surface area contributed by atoms with Crippen molar-refractivity contribution in [1.29, 1.82) is 0 Å². The molecule has 4 nitrogen and oxygen atoms in total. The van der Waals surface area contributed by atoms with Gasteiger partial charge >= 0.3 is 5.95 Å². The average molecular weight is 219 g/mol. The molecule has 0 aliphatic rings. The maximum atomic E-state index is 12.6. The third-order valence-electron chi connectivity index (χ3n) is 2.23. The molecule has 16 heavy (non-hydrogen) atoms. The van der Waals surface area contributed by atoms with Crippen molar-refractivity contribution in [1.82, 2.24) is 4.57 Å². The van der Waals surface area contributed by atoms with Crippen LogP contribution in [0.25, 0.3) is 0 Å². The Balaban J connectivity index is 2.24. The lowest BCUT2D eigenvalue weighted by Crippen LogP contribution is -2.25. The first-order valence-corrected chi connectivity index (χ1v) is 4.85. The minimum atomic E-state index is -0.275. The minimum absolute atomic E-state index is 0.275. The Morgan fingerprint density at radius 2 is 1.88 bits per heavy atom. The Morgan fingerprint density at radius 1 is 1.19 bits per heavy atom. The lowest BCUT2D eigenvalue weighted by atomic mass is 10.3. The summed E-state index contributed by atoms with van der Waals surface area (Å²) >= 11 is 0. The third kappa shape index (κ3) is 2.13. The van der Waals surface area contributed by atoms with Gasteiger partial charge < -0.3 is 0 Å². The van der Waals surface area contributed by atoms with Crippen LogP contribution in [-0.4, -0.2) is 4.57 Å². The van der Waals surface area contributed by atoms with E-state index in [0.717, 1.165) is 5.95 Å². The Kier molecular flexibility index (Phi) is 2.76. The molecule has 0 atom stereocenters. The summed E-state index contributed by atoms with van der Waals surface area (Å²) < 4.78 is 16.4. The Bertz CT molecular complexity index is 494. The predicted octanol–water partition coefficient (Wildman–Crippen LogP) is 2.40. The van der Waals surface area contributed by atoms with Crippen LogP contribution in [0, 0.1) is 5.82 Å². The zero-order valence-electron chi connectivity index (χ0n) is 9.13. The van der Waals surface area contributed by atoms with E-state index in [4.69, 9.17) is 0 Å². The molecule has 0 saturated carbocycles. The molecule has 1 aromatic carbocycles. The molecule has 0 aliphatic carbocycles. The van der Waals surface area contributed by atoms with Crippen molar-refractivity contribution in [3.63, 3.8) is 0 Å². The van der Waals surface area contributed by atoms with Crippen molar-refractivity contribution in [2.24, 2.45) is 24.3 Å². The summed E-state index contributed by atoms with van der Waals surface area (Å²) in [6, 6.07) is 5.89. The largest absolute Gasteiger partial charge is 0.421 e. The number of azo groups is 1.